The number of nitro benzene ring substituents is 1. The second-order valence-electron chi connectivity index (χ2n) is 7.59. The second-order valence-corrected chi connectivity index (χ2v) is 9.74. The molecule has 0 unspecified atom stereocenters. The van der Waals surface area contributed by atoms with Crippen LogP contribution in [0.5, 0.6) is 0 Å². The van der Waals surface area contributed by atoms with Gasteiger partial charge in [0.1, 0.15) is 0 Å². The highest BCUT2D eigenvalue weighted by Gasteiger charge is 2.26. The molecule has 0 amide bonds. The number of nitro groups is 1. The van der Waals surface area contributed by atoms with E-state index in [4.69, 9.17) is 11.6 Å². The third-order valence-corrected chi connectivity index (χ3v) is 7.24. The van der Waals surface area contributed by atoms with Crippen molar-refractivity contribution in [3.8, 4) is 0 Å². The maximum Gasteiger partial charge on any atom is 0.269 e. The van der Waals surface area contributed by atoms with Crippen LogP contribution in [0.4, 0.5) is 11.4 Å². The number of hydrogen-bond donors (Lipinski definition) is 2. The van der Waals surface area contributed by atoms with Crippen molar-refractivity contribution in [2.45, 2.75) is 42.7 Å². The third kappa shape index (κ3) is 4.95. The first-order chi connectivity index (χ1) is 14.8. The quantitative estimate of drug-likeness (QED) is 0.413. The number of nitrogens with zero attached hydrogens (tertiary/aromatic N) is 2. The molecule has 8 nitrogen and oxygen atoms in total. The average molecular weight is 461 g/mol. The molecule has 0 atom stereocenters. The fourth-order valence-corrected chi connectivity index (χ4v) is 5.33. The SMILES string of the molecule is O=[N+]([O-])c1ccc(S(=O)(=O)N[C@H]2CC[C@@H](Nc3ccnc4cc(Cl)ccc34)CC2)cc1. The van der Waals surface area contributed by atoms with Gasteiger partial charge in [-0.2, -0.15) is 0 Å². The normalized spacial score (nSPS) is 19.3. The van der Waals surface area contributed by atoms with Crippen LogP contribution in [0.2, 0.25) is 5.02 Å². The van der Waals surface area contributed by atoms with Crippen LogP contribution < -0.4 is 10.0 Å². The van der Waals surface area contributed by atoms with Crippen molar-refractivity contribution < 1.29 is 13.3 Å². The van der Waals surface area contributed by atoms with E-state index in [-0.39, 0.29) is 22.7 Å². The van der Waals surface area contributed by atoms with Gasteiger partial charge in [-0.25, -0.2) is 13.1 Å². The Labute approximate surface area is 184 Å². The maximum absolute atomic E-state index is 12.6. The molecule has 0 radical (unpaired) electrons. The molecule has 10 heteroatoms. The van der Waals surface area contributed by atoms with Crippen molar-refractivity contribution in [2.24, 2.45) is 0 Å². The van der Waals surface area contributed by atoms with Crippen LogP contribution >= 0.6 is 11.6 Å². The minimum Gasteiger partial charge on any atom is -0.382 e. The molecule has 1 fully saturated rings. The van der Waals surface area contributed by atoms with Gasteiger partial charge in [0.15, 0.2) is 0 Å². The highest BCUT2D eigenvalue weighted by atomic mass is 35.5. The number of fused-ring (bicyclic) bond motifs is 1. The van der Waals surface area contributed by atoms with Gasteiger partial charge in [-0.05, 0) is 62.1 Å². The standard InChI is InChI=1S/C21H21ClN4O4S/c22-14-1-10-19-20(11-12-23-21(19)13-14)24-15-2-4-16(5-3-15)25-31(29,30)18-8-6-17(7-9-18)26(27)28/h1,6-13,15-16,25H,2-5H2,(H,23,24)/t15-,16+. The summed E-state index contributed by atoms with van der Waals surface area (Å²) >= 11 is 6.05. The van der Waals surface area contributed by atoms with Gasteiger partial charge in [0.25, 0.3) is 5.69 Å². The van der Waals surface area contributed by atoms with E-state index in [0.29, 0.717) is 17.9 Å². The van der Waals surface area contributed by atoms with Gasteiger partial charge in [0.2, 0.25) is 10.0 Å². The lowest BCUT2D eigenvalue weighted by molar-refractivity contribution is -0.384. The highest BCUT2D eigenvalue weighted by Crippen LogP contribution is 2.28. The summed E-state index contributed by atoms with van der Waals surface area (Å²) < 4.78 is 28.0. The van der Waals surface area contributed by atoms with Gasteiger partial charge in [-0.1, -0.05) is 11.6 Å². The van der Waals surface area contributed by atoms with Crippen LogP contribution in [0.1, 0.15) is 25.7 Å². The van der Waals surface area contributed by atoms with Crippen LogP contribution in [-0.4, -0.2) is 30.4 Å². The fourth-order valence-electron chi connectivity index (χ4n) is 3.86. The van der Waals surface area contributed by atoms with Gasteiger partial charge in [-0.15, -0.1) is 0 Å². The molecule has 0 saturated heterocycles. The van der Waals surface area contributed by atoms with Gasteiger partial charge in [0, 0.05) is 46.5 Å². The molecule has 31 heavy (non-hydrogen) atoms. The maximum atomic E-state index is 12.6. The fraction of sp³-hybridized carbons (Fsp3) is 0.286. The molecule has 1 aliphatic carbocycles. The van der Waals surface area contributed by atoms with E-state index in [0.717, 1.165) is 29.4 Å². The number of non-ortho nitro benzene ring substituents is 1. The first kappa shape index (κ1) is 21.5. The number of pyridine rings is 1. The van der Waals surface area contributed by atoms with Crippen molar-refractivity contribution in [3.05, 3.63) is 69.9 Å². The third-order valence-electron chi connectivity index (χ3n) is 5.47. The Balaban J connectivity index is 1.37. The minimum atomic E-state index is -3.73. The Hall–Kier alpha value is -2.75. The van der Waals surface area contributed by atoms with Crippen molar-refractivity contribution in [2.75, 3.05) is 5.32 Å². The molecule has 1 aromatic heterocycles. The number of sulfonamides is 1. The molecule has 0 bridgehead atoms. The molecule has 1 saturated carbocycles. The summed E-state index contributed by atoms with van der Waals surface area (Å²) in [6, 6.07) is 12.5. The number of nitrogens with one attached hydrogen (secondary N) is 2. The summed E-state index contributed by atoms with van der Waals surface area (Å²) in [5.74, 6) is 0. The monoisotopic (exact) mass is 460 g/mol. The summed E-state index contributed by atoms with van der Waals surface area (Å²) in [5, 5.41) is 15.9. The molecule has 4 rings (SSSR count). The Morgan fingerprint density at radius 3 is 2.35 bits per heavy atom. The molecule has 1 aliphatic rings. The Bertz CT molecular complexity index is 1210. The van der Waals surface area contributed by atoms with Crippen molar-refractivity contribution >= 4 is 43.9 Å². The summed E-state index contributed by atoms with van der Waals surface area (Å²) in [6.07, 6.45) is 4.75. The van der Waals surface area contributed by atoms with Crippen LogP contribution in [0.3, 0.4) is 0 Å². The topological polar surface area (TPSA) is 114 Å². The largest absolute Gasteiger partial charge is 0.382 e. The van der Waals surface area contributed by atoms with Gasteiger partial charge in [0.05, 0.1) is 15.3 Å². The van der Waals surface area contributed by atoms with Gasteiger partial charge < -0.3 is 5.32 Å². The second kappa shape index (κ2) is 8.78. The zero-order chi connectivity index (χ0) is 22.0. The zero-order valence-corrected chi connectivity index (χ0v) is 18.1. The van der Waals surface area contributed by atoms with Crippen LogP contribution in [0.25, 0.3) is 10.9 Å². The molecule has 1 heterocycles. The predicted molar refractivity (Wildman–Crippen MR) is 120 cm³/mol. The molecule has 0 spiro atoms. The Kier molecular flexibility index (Phi) is 6.08. The average Bonchev–Trinajstić information content (AvgIpc) is 2.75. The van der Waals surface area contributed by atoms with Gasteiger partial charge in [-0.3, -0.25) is 15.1 Å². The van der Waals surface area contributed by atoms with Crippen molar-refractivity contribution in [1.82, 2.24) is 9.71 Å². The van der Waals surface area contributed by atoms with Crippen LogP contribution in [-0.2, 0) is 10.0 Å². The van der Waals surface area contributed by atoms with E-state index >= 15 is 0 Å². The Morgan fingerprint density at radius 2 is 1.68 bits per heavy atom. The summed E-state index contributed by atoms with van der Waals surface area (Å²) in [6.45, 7) is 0. The van der Waals surface area contributed by atoms with E-state index in [1.165, 1.54) is 24.3 Å². The predicted octanol–water partition coefficient (Wildman–Crippen LogP) is 4.50. The lowest BCUT2D eigenvalue weighted by Crippen LogP contribution is -2.40. The molecular weight excluding hydrogens is 440 g/mol. The van der Waals surface area contributed by atoms with Crippen molar-refractivity contribution in [3.63, 3.8) is 0 Å². The Morgan fingerprint density at radius 1 is 1.00 bits per heavy atom. The molecule has 2 aromatic carbocycles. The summed E-state index contributed by atoms with van der Waals surface area (Å²) in [7, 11) is -3.73. The number of aromatic nitrogens is 1. The molecule has 162 valence electrons. The molecular formula is C21H21ClN4O4S. The van der Waals surface area contributed by atoms with E-state index in [2.05, 4.69) is 15.0 Å². The number of anilines is 1. The van der Waals surface area contributed by atoms with E-state index in [9.17, 15) is 18.5 Å². The van der Waals surface area contributed by atoms with Crippen LogP contribution in [0.15, 0.2) is 59.6 Å². The number of rotatable bonds is 6. The number of benzene rings is 2. The first-order valence-electron chi connectivity index (χ1n) is 9.89. The number of hydrogen-bond acceptors (Lipinski definition) is 6. The molecule has 2 N–H and O–H groups in total. The first-order valence-corrected chi connectivity index (χ1v) is 11.8. The summed E-state index contributed by atoms with van der Waals surface area (Å²) in [5.41, 5.74) is 1.66. The number of halogens is 1. The van der Waals surface area contributed by atoms with Crippen molar-refractivity contribution in [1.29, 1.82) is 0 Å². The molecule has 3 aromatic rings. The van der Waals surface area contributed by atoms with Gasteiger partial charge >= 0.3 is 0 Å². The van der Waals surface area contributed by atoms with E-state index < -0.39 is 14.9 Å². The minimum absolute atomic E-state index is 0.0280. The zero-order valence-electron chi connectivity index (χ0n) is 16.5. The highest BCUT2D eigenvalue weighted by molar-refractivity contribution is 7.89. The molecule has 0 aliphatic heterocycles. The lowest BCUT2D eigenvalue weighted by atomic mass is 9.91. The smallest absolute Gasteiger partial charge is 0.269 e. The van der Waals surface area contributed by atoms with Crippen LogP contribution in [0, 0.1) is 10.1 Å². The van der Waals surface area contributed by atoms with E-state index in [1.807, 2.05) is 24.3 Å². The lowest BCUT2D eigenvalue weighted by Gasteiger charge is -2.30. The summed E-state index contributed by atoms with van der Waals surface area (Å²) in [4.78, 5) is 14.6. The van der Waals surface area contributed by atoms with E-state index in [1.54, 1.807) is 6.20 Å².